The van der Waals surface area contributed by atoms with E-state index in [1.165, 1.54) is 16.4 Å². The lowest BCUT2D eigenvalue weighted by molar-refractivity contribution is 0.262. The Morgan fingerprint density at radius 1 is 1.33 bits per heavy atom. The zero-order valence-corrected chi connectivity index (χ0v) is 10.1. The maximum absolute atomic E-state index is 13.4. The first-order valence-corrected chi connectivity index (χ1v) is 6.13. The molecule has 5 nitrogen and oxygen atoms in total. The molecule has 1 aromatic heterocycles. The Bertz CT molecular complexity index is 534. The van der Waals surface area contributed by atoms with Crippen LogP contribution in [0.5, 0.6) is 0 Å². The largest absolute Gasteiger partial charge is 0.394 e. The number of benzene rings is 1. The molecule has 0 bridgehead atoms. The molecule has 1 N–H and O–H groups in total. The van der Waals surface area contributed by atoms with Crippen LogP contribution in [0.3, 0.4) is 0 Å². The van der Waals surface area contributed by atoms with Crippen LogP contribution in [0.1, 0.15) is 5.56 Å². The van der Waals surface area contributed by atoms with Crippen molar-refractivity contribution in [2.24, 2.45) is 0 Å². The Hall–Kier alpha value is -1.54. The van der Waals surface area contributed by atoms with Crippen LogP contribution >= 0.6 is 11.8 Å². The molecule has 0 aliphatic carbocycles. The van der Waals surface area contributed by atoms with Crippen molar-refractivity contribution in [3.05, 3.63) is 35.4 Å². The van der Waals surface area contributed by atoms with Crippen LogP contribution in [-0.4, -0.2) is 31.9 Å². The topological polar surface area (TPSA) is 63.8 Å². The van der Waals surface area contributed by atoms with E-state index in [0.29, 0.717) is 5.16 Å². The summed E-state index contributed by atoms with van der Waals surface area (Å²) in [7, 11) is 0. The lowest BCUT2D eigenvalue weighted by Gasteiger charge is -2.03. The van der Waals surface area contributed by atoms with Crippen LogP contribution in [0.2, 0.25) is 0 Å². The van der Waals surface area contributed by atoms with E-state index in [2.05, 4.69) is 15.5 Å². The highest BCUT2D eigenvalue weighted by Crippen LogP contribution is 2.22. The molecule has 0 saturated carbocycles. The van der Waals surface area contributed by atoms with E-state index in [4.69, 9.17) is 5.11 Å². The number of halogens is 2. The fourth-order valence-electron chi connectivity index (χ4n) is 1.33. The van der Waals surface area contributed by atoms with E-state index >= 15 is 0 Å². The van der Waals surface area contributed by atoms with Crippen LogP contribution < -0.4 is 0 Å². The van der Waals surface area contributed by atoms with Crippen LogP contribution in [0.4, 0.5) is 8.78 Å². The lowest BCUT2D eigenvalue weighted by Crippen LogP contribution is -2.05. The molecule has 1 aromatic carbocycles. The highest BCUT2D eigenvalue weighted by molar-refractivity contribution is 7.98. The molecule has 0 spiro atoms. The number of hydrogen-bond donors (Lipinski definition) is 1. The van der Waals surface area contributed by atoms with Crippen LogP contribution in [0, 0.1) is 11.6 Å². The standard InChI is InChI=1S/C10H10F2N4OS/c11-8-1-2-9(12)7(5-8)6-18-10-13-14-15-16(10)3-4-17/h1-2,5,17H,3-4,6H2. The van der Waals surface area contributed by atoms with E-state index < -0.39 is 11.6 Å². The molecule has 0 aliphatic rings. The fraction of sp³-hybridized carbons (Fsp3) is 0.300. The van der Waals surface area contributed by atoms with Crippen molar-refractivity contribution in [2.75, 3.05) is 6.61 Å². The third-order valence-electron chi connectivity index (χ3n) is 2.18. The van der Waals surface area contributed by atoms with Crippen molar-refractivity contribution < 1.29 is 13.9 Å². The van der Waals surface area contributed by atoms with Gasteiger partial charge in [-0.05, 0) is 28.6 Å². The average Bonchev–Trinajstić information content (AvgIpc) is 2.78. The summed E-state index contributed by atoms with van der Waals surface area (Å²) in [4.78, 5) is 0. The average molecular weight is 272 g/mol. The molecule has 0 atom stereocenters. The molecular formula is C10H10F2N4OS. The van der Waals surface area contributed by atoms with E-state index in [1.807, 2.05) is 0 Å². The summed E-state index contributed by atoms with van der Waals surface area (Å²) in [5.41, 5.74) is 0.249. The molecule has 18 heavy (non-hydrogen) atoms. The van der Waals surface area contributed by atoms with Gasteiger partial charge in [0.15, 0.2) is 0 Å². The number of nitrogens with zero attached hydrogens (tertiary/aromatic N) is 4. The Morgan fingerprint density at radius 2 is 2.17 bits per heavy atom. The van der Waals surface area contributed by atoms with Gasteiger partial charge in [-0.2, -0.15) is 0 Å². The second-order valence-electron chi connectivity index (χ2n) is 3.43. The summed E-state index contributed by atoms with van der Waals surface area (Å²) >= 11 is 1.18. The molecule has 96 valence electrons. The van der Waals surface area contributed by atoms with Crippen molar-refractivity contribution in [2.45, 2.75) is 17.5 Å². The number of hydrogen-bond acceptors (Lipinski definition) is 5. The predicted octanol–water partition coefficient (Wildman–Crippen LogP) is 1.24. The summed E-state index contributed by atoms with van der Waals surface area (Å²) in [6, 6.07) is 3.30. The van der Waals surface area contributed by atoms with Gasteiger partial charge >= 0.3 is 0 Å². The van der Waals surface area contributed by atoms with Gasteiger partial charge in [0.1, 0.15) is 11.6 Å². The molecule has 0 amide bonds. The number of thioether (sulfide) groups is 1. The minimum Gasteiger partial charge on any atom is -0.394 e. The minimum absolute atomic E-state index is 0.0904. The number of aromatic nitrogens is 4. The smallest absolute Gasteiger partial charge is 0.209 e. The van der Waals surface area contributed by atoms with Gasteiger partial charge in [0.05, 0.1) is 13.2 Å². The van der Waals surface area contributed by atoms with Crippen molar-refractivity contribution in [3.8, 4) is 0 Å². The fourth-order valence-corrected chi connectivity index (χ4v) is 2.21. The molecule has 1 heterocycles. The summed E-state index contributed by atoms with van der Waals surface area (Å²) in [5, 5.41) is 20.1. The van der Waals surface area contributed by atoms with Crippen molar-refractivity contribution in [1.29, 1.82) is 0 Å². The van der Waals surface area contributed by atoms with Crippen LogP contribution in [-0.2, 0) is 12.3 Å². The van der Waals surface area contributed by atoms with Gasteiger partial charge < -0.3 is 5.11 Å². The van der Waals surface area contributed by atoms with Crippen molar-refractivity contribution in [1.82, 2.24) is 20.2 Å². The monoisotopic (exact) mass is 272 g/mol. The second-order valence-corrected chi connectivity index (χ2v) is 4.38. The number of aliphatic hydroxyl groups is 1. The SMILES string of the molecule is OCCn1nnnc1SCc1cc(F)ccc1F. The summed E-state index contributed by atoms with van der Waals surface area (Å²) in [6.07, 6.45) is 0. The molecule has 8 heteroatoms. The zero-order valence-electron chi connectivity index (χ0n) is 9.25. The van der Waals surface area contributed by atoms with E-state index in [0.717, 1.165) is 18.2 Å². The number of tetrazole rings is 1. The van der Waals surface area contributed by atoms with Crippen LogP contribution in [0.25, 0.3) is 0 Å². The summed E-state index contributed by atoms with van der Waals surface area (Å²) in [5.74, 6) is -0.734. The Balaban J connectivity index is 2.06. The Morgan fingerprint density at radius 3 is 2.94 bits per heavy atom. The third-order valence-corrected chi connectivity index (χ3v) is 3.18. The van der Waals surface area contributed by atoms with Gasteiger partial charge in [0.2, 0.25) is 5.16 Å². The van der Waals surface area contributed by atoms with E-state index in [9.17, 15) is 8.78 Å². The maximum Gasteiger partial charge on any atom is 0.209 e. The van der Waals surface area contributed by atoms with Gasteiger partial charge in [-0.25, -0.2) is 13.5 Å². The summed E-state index contributed by atoms with van der Waals surface area (Å²) < 4.78 is 27.7. The highest BCUT2D eigenvalue weighted by Gasteiger charge is 2.09. The summed E-state index contributed by atoms with van der Waals surface area (Å²) in [6.45, 7) is 0.174. The van der Waals surface area contributed by atoms with Gasteiger partial charge in [0.25, 0.3) is 0 Å². The lowest BCUT2D eigenvalue weighted by atomic mass is 10.2. The normalized spacial score (nSPS) is 10.8. The first-order chi connectivity index (χ1) is 8.70. The molecule has 0 aliphatic heterocycles. The Labute approximate surface area is 106 Å². The number of aliphatic hydroxyl groups excluding tert-OH is 1. The molecule has 0 fully saturated rings. The van der Waals surface area contributed by atoms with Gasteiger partial charge in [-0.1, -0.05) is 11.8 Å². The molecular weight excluding hydrogens is 262 g/mol. The minimum atomic E-state index is -0.484. The number of rotatable bonds is 5. The third kappa shape index (κ3) is 3.02. The van der Waals surface area contributed by atoms with Gasteiger partial charge in [0, 0.05) is 11.3 Å². The van der Waals surface area contributed by atoms with Crippen molar-refractivity contribution in [3.63, 3.8) is 0 Å². The first-order valence-electron chi connectivity index (χ1n) is 5.14. The molecule has 0 radical (unpaired) electrons. The molecule has 0 saturated heterocycles. The second kappa shape index (κ2) is 5.87. The molecule has 0 unspecified atom stereocenters. The van der Waals surface area contributed by atoms with E-state index in [-0.39, 0.29) is 24.5 Å². The first kappa shape index (κ1) is 12.9. The quantitative estimate of drug-likeness (QED) is 0.830. The van der Waals surface area contributed by atoms with E-state index in [1.54, 1.807) is 0 Å². The maximum atomic E-state index is 13.4. The highest BCUT2D eigenvalue weighted by atomic mass is 32.2. The van der Waals surface area contributed by atoms with Crippen molar-refractivity contribution >= 4 is 11.8 Å². The molecule has 2 aromatic rings. The Kier molecular flexibility index (Phi) is 4.21. The van der Waals surface area contributed by atoms with Crippen LogP contribution in [0.15, 0.2) is 23.4 Å². The van der Waals surface area contributed by atoms with Gasteiger partial charge in [-0.3, -0.25) is 0 Å². The molecule has 2 rings (SSSR count). The predicted molar refractivity (Wildman–Crippen MR) is 60.8 cm³/mol. The zero-order chi connectivity index (χ0) is 13.0. The van der Waals surface area contributed by atoms with Gasteiger partial charge in [-0.15, -0.1) is 5.10 Å².